The van der Waals surface area contributed by atoms with Crippen LogP contribution in [0.15, 0.2) is 48.5 Å². The Morgan fingerprint density at radius 2 is 1.66 bits per heavy atom. The van der Waals surface area contributed by atoms with Crippen LogP contribution in [-0.4, -0.2) is 66.3 Å². The first-order valence-electron chi connectivity index (χ1n) is 12.9. The Labute approximate surface area is 207 Å². The molecule has 1 amide bonds. The van der Waals surface area contributed by atoms with Crippen molar-refractivity contribution in [2.45, 2.75) is 45.6 Å². The predicted molar refractivity (Wildman–Crippen MR) is 141 cm³/mol. The molecule has 2 aromatic heterocycles. The number of carbonyl (C=O) groups is 1. The van der Waals surface area contributed by atoms with E-state index >= 15 is 0 Å². The normalized spacial score (nSPS) is 17.5. The lowest BCUT2D eigenvalue weighted by atomic mass is 10.0. The van der Waals surface area contributed by atoms with Gasteiger partial charge in [0, 0.05) is 50.2 Å². The molecule has 5 rings (SSSR count). The summed E-state index contributed by atoms with van der Waals surface area (Å²) in [6, 6.07) is 17.0. The van der Waals surface area contributed by atoms with Crippen LogP contribution < -0.4 is 9.80 Å². The summed E-state index contributed by atoms with van der Waals surface area (Å²) in [4.78, 5) is 28.9. The van der Waals surface area contributed by atoms with Crippen molar-refractivity contribution in [2.75, 3.05) is 49.1 Å². The number of nitrogens with zero attached hydrogens (tertiary/aromatic N) is 5. The van der Waals surface area contributed by atoms with Gasteiger partial charge in [-0.2, -0.15) is 0 Å². The van der Waals surface area contributed by atoms with Crippen molar-refractivity contribution in [1.82, 2.24) is 14.9 Å². The van der Waals surface area contributed by atoms with Gasteiger partial charge in [-0.15, -0.1) is 0 Å². The van der Waals surface area contributed by atoms with E-state index in [0.29, 0.717) is 13.1 Å². The minimum atomic E-state index is -0.216. The van der Waals surface area contributed by atoms with E-state index in [1.54, 1.807) is 4.90 Å². The molecule has 0 aliphatic carbocycles. The average molecular weight is 474 g/mol. The number of anilines is 2. The standard InChI is InChI=1S/C28H35N5O2/c1-3-21(2)35-28(34)33-18-16-31(17-19-33)25-13-12-23-20-24(22-10-6-4-7-11-22)27(30-26(23)29-25)32-14-8-5-9-15-32/h4,6-7,10-13,20-21H,3,5,8-9,14-19H2,1-2H3. The molecule has 1 atom stereocenters. The second-order valence-corrected chi connectivity index (χ2v) is 9.57. The maximum absolute atomic E-state index is 12.4. The van der Waals surface area contributed by atoms with Crippen LogP contribution in [0.1, 0.15) is 39.5 Å². The third kappa shape index (κ3) is 5.19. The topological polar surface area (TPSA) is 61.8 Å². The lowest BCUT2D eigenvalue weighted by molar-refractivity contribution is 0.0668. The maximum Gasteiger partial charge on any atom is 0.410 e. The largest absolute Gasteiger partial charge is 0.446 e. The summed E-state index contributed by atoms with van der Waals surface area (Å²) in [5, 5.41) is 1.05. The van der Waals surface area contributed by atoms with Crippen molar-refractivity contribution in [1.29, 1.82) is 0 Å². The molecule has 0 N–H and O–H groups in total. The van der Waals surface area contributed by atoms with Gasteiger partial charge in [0.15, 0.2) is 5.65 Å². The number of aromatic nitrogens is 2. The zero-order chi connectivity index (χ0) is 24.2. The van der Waals surface area contributed by atoms with Gasteiger partial charge in [0.1, 0.15) is 17.7 Å². The quantitative estimate of drug-likeness (QED) is 0.498. The van der Waals surface area contributed by atoms with Crippen molar-refractivity contribution >= 4 is 28.8 Å². The van der Waals surface area contributed by atoms with Gasteiger partial charge in [0.05, 0.1) is 0 Å². The third-order valence-corrected chi connectivity index (χ3v) is 7.12. The fourth-order valence-corrected chi connectivity index (χ4v) is 4.83. The van der Waals surface area contributed by atoms with Crippen molar-refractivity contribution < 1.29 is 9.53 Å². The van der Waals surface area contributed by atoms with Gasteiger partial charge in [-0.25, -0.2) is 14.8 Å². The summed E-state index contributed by atoms with van der Waals surface area (Å²) in [7, 11) is 0. The van der Waals surface area contributed by atoms with Crippen LogP contribution in [0.3, 0.4) is 0 Å². The molecule has 2 fully saturated rings. The van der Waals surface area contributed by atoms with Crippen LogP contribution in [0, 0.1) is 0 Å². The second kappa shape index (κ2) is 10.5. The molecule has 184 valence electrons. The van der Waals surface area contributed by atoms with Gasteiger partial charge >= 0.3 is 6.09 Å². The van der Waals surface area contributed by atoms with Gasteiger partial charge in [0.25, 0.3) is 0 Å². The van der Waals surface area contributed by atoms with E-state index < -0.39 is 0 Å². The fourth-order valence-electron chi connectivity index (χ4n) is 4.83. The summed E-state index contributed by atoms with van der Waals surface area (Å²) < 4.78 is 5.49. The van der Waals surface area contributed by atoms with E-state index in [9.17, 15) is 4.79 Å². The zero-order valence-corrected chi connectivity index (χ0v) is 20.8. The van der Waals surface area contributed by atoms with E-state index in [1.807, 2.05) is 13.8 Å². The maximum atomic E-state index is 12.4. The monoisotopic (exact) mass is 473 g/mol. The number of pyridine rings is 2. The number of hydrogen-bond donors (Lipinski definition) is 0. The van der Waals surface area contributed by atoms with Crippen LogP contribution in [-0.2, 0) is 4.74 Å². The summed E-state index contributed by atoms with van der Waals surface area (Å²) in [6.45, 7) is 8.75. The van der Waals surface area contributed by atoms with Crippen molar-refractivity contribution in [2.24, 2.45) is 0 Å². The van der Waals surface area contributed by atoms with Crippen LogP contribution >= 0.6 is 0 Å². The highest BCUT2D eigenvalue weighted by molar-refractivity contribution is 5.88. The molecule has 1 aromatic carbocycles. The lowest BCUT2D eigenvalue weighted by Gasteiger charge is -2.35. The van der Waals surface area contributed by atoms with Crippen molar-refractivity contribution in [3.8, 4) is 11.1 Å². The molecular weight excluding hydrogens is 438 g/mol. The Bertz CT molecular complexity index is 1150. The smallest absolute Gasteiger partial charge is 0.410 e. The highest BCUT2D eigenvalue weighted by Gasteiger charge is 2.25. The molecule has 3 aromatic rings. The first kappa shape index (κ1) is 23.4. The first-order valence-corrected chi connectivity index (χ1v) is 12.9. The Hall–Kier alpha value is -3.35. The van der Waals surface area contributed by atoms with E-state index in [-0.39, 0.29) is 12.2 Å². The van der Waals surface area contributed by atoms with E-state index in [2.05, 4.69) is 58.3 Å². The number of piperazine rings is 1. The van der Waals surface area contributed by atoms with E-state index in [4.69, 9.17) is 14.7 Å². The van der Waals surface area contributed by atoms with Gasteiger partial charge in [-0.05, 0) is 56.4 Å². The number of amides is 1. The first-order chi connectivity index (χ1) is 17.1. The molecule has 0 saturated carbocycles. The zero-order valence-electron chi connectivity index (χ0n) is 20.8. The van der Waals surface area contributed by atoms with Crippen LogP contribution in [0.5, 0.6) is 0 Å². The van der Waals surface area contributed by atoms with Crippen LogP contribution in [0.2, 0.25) is 0 Å². The van der Waals surface area contributed by atoms with Gasteiger partial charge in [-0.3, -0.25) is 0 Å². The van der Waals surface area contributed by atoms with Gasteiger partial charge in [-0.1, -0.05) is 37.3 Å². The number of ether oxygens (including phenoxy) is 1. The number of hydrogen-bond acceptors (Lipinski definition) is 6. The third-order valence-electron chi connectivity index (χ3n) is 7.12. The van der Waals surface area contributed by atoms with Gasteiger partial charge in [0.2, 0.25) is 0 Å². The molecule has 7 heteroatoms. The number of benzene rings is 1. The lowest BCUT2D eigenvalue weighted by Crippen LogP contribution is -2.49. The number of piperidine rings is 1. The highest BCUT2D eigenvalue weighted by atomic mass is 16.6. The fraction of sp³-hybridized carbons (Fsp3) is 0.464. The minimum Gasteiger partial charge on any atom is -0.446 e. The molecule has 35 heavy (non-hydrogen) atoms. The van der Waals surface area contributed by atoms with Crippen LogP contribution in [0.4, 0.5) is 16.4 Å². The molecule has 0 spiro atoms. The Balaban J connectivity index is 1.39. The number of fused-ring (bicyclic) bond motifs is 1. The molecular formula is C28H35N5O2. The Kier molecular flexibility index (Phi) is 7.02. The average Bonchev–Trinajstić information content (AvgIpc) is 2.93. The minimum absolute atomic E-state index is 0.0522. The molecule has 0 bridgehead atoms. The van der Waals surface area contributed by atoms with Gasteiger partial charge < -0.3 is 19.4 Å². The molecule has 2 aliphatic heterocycles. The highest BCUT2D eigenvalue weighted by Crippen LogP contribution is 2.34. The number of rotatable bonds is 5. The second-order valence-electron chi connectivity index (χ2n) is 9.57. The predicted octanol–water partition coefficient (Wildman–Crippen LogP) is 5.34. The molecule has 2 aliphatic rings. The molecule has 2 saturated heterocycles. The van der Waals surface area contributed by atoms with Crippen molar-refractivity contribution in [3.63, 3.8) is 0 Å². The summed E-state index contributed by atoms with van der Waals surface area (Å²) in [6.07, 6.45) is 4.24. The SMILES string of the molecule is CCC(C)OC(=O)N1CCN(c2ccc3cc(-c4ccccc4)c(N4CCCCC4)nc3n2)CC1. The summed E-state index contributed by atoms with van der Waals surface area (Å²) in [5.41, 5.74) is 3.14. The van der Waals surface area contributed by atoms with E-state index in [0.717, 1.165) is 55.3 Å². The Morgan fingerprint density at radius 3 is 2.37 bits per heavy atom. The summed E-state index contributed by atoms with van der Waals surface area (Å²) >= 11 is 0. The Morgan fingerprint density at radius 1 is 0.914 bits per heavy atom. The van der Waals surface area contributed by atoms with E-state index in [1.165, 1.54) is 30.4 Å². The summed E-state index contributed by atoms with van der Waals surface area (Å²) in [5.74, 6) is 1.95. The molecule has 1 unspecified atom stereocenters. The van der Waals surface area contributed by atoms with Crippen LogP contribution in [0.25, 0.3) is 22.2 Å². The molecule has 4 heterocycles. The number of carbonyl (C=O) groups excluding carboxylic acids is 1. The molecule has 0 radical (unpaired) electrons. The molecule has 7 nitrogen and oxygen atoms in total. The van der Waals surface area contributed by atoms with Crippen molar-refractivity contribution in [3.05, 3.63) is 48.5 Å².